The molecule has 0 amide bonds. The molecule has 4 aromatic rings. The number of pyridine rings is 1. The van der Waals surface area contributed by atoms with Gasteiger partial charge in [-0.1, -0.05) is 36.4 Å². The lowest BCUT2D eigenvalue weighted by Gasteiger charge is -2.17. The van der Waals surface area contributed by atoms with Crippen LogP contribution in [-0.2, 0) is 6.61 Å². The first-order chi connectivity index (χ1) is 17.0. The van der Waals surface area contributed by atoms with E-state index in [0.29, 0.717) is 23.7 Å². The molecular weight excluding hydrogens is 444 g/mol. The van der Waals surface area contributed by atoms with E-state index in [0.717, 1.165) is 22.3 Å². The van der Waals surface area contributed by atoms with Gasteiger partial charge in [0, 0.05) is 29.5 Å². The number of hydrogen-bond donors (Lipinski definition) is 1. The number of nitriles is 1. The van der Waals surface area contributed by atoms with Gasteiger partial charge < -0.3 is 15.2 Å². The fourth-order valence-electron chi connectivity index (χ4n) is 3.70. The highest BCUT2D eigenvalue weighted by Crippen LogP contribution is 2.40. The lowest BCUT2D eigenvalue weighted by atomic mass is 9.92. The molecule has 3 aromatic carbocycles. The van der Waals surface area contributed by atoms with Crippen molar-refractivity contribution in [1.82, 2.24) is 4.98 Å². The Kier molecular flexibility index (Phi) is 6.88. The first-order valence-electron chi connectivity index (χ1n) is 10.9. The molecule has 0 aliphatic carbocycles. The number of ether oxygens (including phenoxy) is 2. The Hall–Kier alpha value is -4.90. The van der Waals surface area contributed by atoms with Gasteiger partial charge in [-0.15, -0.1) is 0 Å². The Labute approximate surface area is 202 Å². The molecule has 0 radical (unpaired) electrons. The third-order valence-electron chi connectivity index (χ3n) is 5.38. The first kappa shape index (κ1) is 23.3. The van der Waals surface area contributed by atoms with Crippen molar-refractivity contribution in [3.63, 3.8) is 0 Å². The van der Waals surface area contributed by atoms with Crippen LogP contribution in [0.5, 0.6) is 11.5 Å². The van der Waals surface area contributed by atoms with Crippen molar-refractivity contribution in [3.8, 4) is 39.8 Å². The zero-order valence-electron chi connectivity index (χ0n) is 19.0. The average Bonchev–Trinajstić information content (AvgIpc) is 2.88. The minimum Gasteiger partial charge on any atom is -0.490 e. The van der Waals surface area contributed by atoms with Crippen molar-refractivity contribution in [2.24, 2.45) is 0 Å². The van der Waals surface area contributed by atoms with E-state index in [1.807, 2.05) is 49.4 Å². The first-order valence-corrected chi connectivity index (χ1v) is 10.9. The van der Waals surface area contributed by atoms with Gasteiger partial charge in [-0.05, 0) is 47.9 Å². The molecular formula is C27H22N4O4. The minimum absolute atomic E-state index is 0.0206. The normalized spacial score (nSPS) is 10.4. The smallest absolute Gasteiger partial charge is 0.269 e. The van der Waals surface area contributed by atoms with Crippen molar-refractivity contribution < 1.29 is 14.4 Å². The average molecular weight is 466 g/mol. The predicted molar refractivity (Wildman–Crippen MR) is 133 cm³/mol. The maximum absolute atomic E-state index is 10.9. The summed E-state index contributed by atoms with van der Waals surface area (Å²) in [6.45, 7) is 2.48. The summed E-state index contributed by atoms with van der Waals surface area (Å²) in [5.41, 5.74) is 10.2. The van der Waals surface area contributed by atoms with E-state index in [9.17, 15) is 15.4 Å². The molecule has 4 rings (SSSR count). The van der Waals surface area contributed by atoms with Gasteiger partial charge in [0.05, 0.1) is 11.5 Å². The number of nitrogens with two attached hydrogens (primary N) is 1. The summed E-state index contributed by atoms with van der Waals surface area (Å²) in [5.74, 6) is 1.17. The highest BCUT2D eigenvalue weighted by atomic mass is 16.6. The highest BCUT2D eigenvalue weighted by molar-refractivity contribution is 5.90. The Morgan fingerprint density at radius 2 is 1.74 bits per heavy atom. The van der Waals surface area contributed by atoms with Crippen molar-refractivity contribution in [3.05, 3.63) is 100 Å². The predicted octanol–water partition coefficient (Wildman–Crippen LogP) is 5.76. The van der Waals surface area contributed by atoms with E-state index in [1.165, 1.54) is 12.1 Å². The van der Waals surface area contributed by atoms with Crippen molar-refractivity contribution in [1.29, 1.82) is 5.26 Å². The highest BCUT2D eigenvalue weighted by Gasteiger charge is 2.18. The second-order valence-electron chi connectivity index (χ2n) is 7.59. The van der Waals surface area contributed by atoms with Gasteiger partial charge in [-0.2, -0.15) is 5.26 Å². The molecule has 35 heavy (non-hydrogen) atoms. The van der Waals surface area contributed by atoms with Gasteiger partial charge in [0.15, 0.2) is 11.5 Å². The number of nitrogens with zero attached hydrogens (tertiary/aromatic N) is 3. The number of benzene rings is 3. The molecule has 0 saturated carbocycles. The van der Waals surface area contributed by atoms with Crippen LogP contribution in [0.15, 0.2) is 79.0 Å². The topological polar surface area (TPSA) is 124 Å². The molecule has 0 atom stereocenters. The molecule has 1 aromatic heterocycles. The second kappa shape index (κ2) is 10.4. The molecule has 174 valence electrons. The van der Waals surface area contributed by atoms with Gasteiger partial charge >= 0.3 is 0 Å². The van der Waals surface area contributed by atoms with E-state index < -0.39 is 4.92 Å². The quantitative estimate of drug-likeness (QED) is 0.259. The Morgan fingerprint density at radius 3 is 2.40 bits per heavy atom. The van der Waals surface area contributed by atoms with Crippen LogP contribution in [0.3, 0.4) is 0 Å². The lowest BCUT2D eigenvalue weighted by Crippen LogP contribution is -2.02. The van der Waals surface area contributed by atoms with Crippen LogP contribution in [0, 0.1) is 21.4 Å². The Morgan fingerprint density at radius 1 is 1.00 bits per heavy atom. The van der Waals surface area contributed by atoms with Gasteiger partial charge in [0.1, 0.15) is 24.1 Å². The van der Waals surface area contributed by atoms with Crippen LogP contribution in [0.2, 0.25) is 0 Å². The summed E-state index contributed by atoms with van der Waals surface area (Å²) in [6.07, 6.45) is 1.67. The zero-order chi connectivity index (χ0) is 24.8. The maximum atomic E-state index is 10.9. The Bertz CT molecular complexity index is 1400. The molecule has 0 bridgehead atoms. The van der Waals surface area contributed by atoms with E-state index in [1.54, 1.807) is 24.4 Å². The van der Waals surface area contributed by atoms with Crippen LogP contribution in [0.1, 0.15) is 18.1 Å². The van der Waals surface area contributed by atoms with Gasteiger partial charge in [0.25, 0.3) is 5.69 Å². The summed E-state index contributed by atoms with van der Waals surface area (Å²) in [6, 6.07) is 23.5. The van der Waals surface area contributed by atoms with E-state index in [2.05, 4.69) is 11.1 Å². The third kappa shape index (κ3) is 5.04. The number of non-ortho nitro benzene ring substituents is 1. The molecule has 0 fully saturated rings. The van der Waals surface area contributed by atoms with Gasteiger partial charge in [-0.3, -0.25) is 10.1 Å². The number of nitrogen functional groups attached to an aromatic ring is 1. The zero-order valence-corrected chi connectivity index (χ0v) is 19.0. The third-order valence-corrected chi connectivity index (χ3v) is 5.38. The number of rotatable bonds is 8. The SMILES string of the molecule is CCOc1cc(-c2c(-c3ccccc3)cnc(N)c2C#N)ccc1OCc1ccc([N+](=O)[O-])cc1. The fraction of sp³-hybridized carbons (Fsp3) is 0.111. The number of nitro benzene ring substituents is 1. The molecule has 0 spiro atoms. The molecule has 2 N–H and O–H groups in total. The van der Waals surface area contributed by atoms with Crippen molar-refractivity contribution >= 4 is 11.5 Å². The number of nitro groups is 1. The monoisotopic (exact) mass is 466 g/mol. The van der Waals surface area contributed by atoms with Crippen molar-refractivity contribution in [2.45, 2.75) is 13.5 Å². The standard InChI is InChI=1S/C27H22N4O4/c1-2-34-25-14-20(10-13-24(25)35-17-18-8-11-21(12-9-18)31(32)33)26-22(15-28)27(29)30-16-23(26)19-6-4-3-5-7-19/h3-14,16H,2,17H2,1H3,(H2,29,30). The molecule has 0 aliphatic rings. The molecule has 0 aliphatic heterocycles. The largest absolute Gasteiger partial charge is 0.490 e. The number of anilines is 1. The summed E-state index contributed by atoms with van der Waals surface area (Å²) >= 11 is 0. The summed E-state index contributed by atoms with van der Waals surface area (Å²) < 4.78 is 11.8. The molecule has 0 unspecified atom stereocenters. The van der Waals surface area contributed by atoms with Crippen LogP contribution >= 0.6 is 0 Å². The van der Waals surface area contributed by atoms with Crippen LogP contribution in [0.25, 0.3) is 22.3 Å². The van der Waals surface area contributed by atoms with Gasteiger partial charge in [-0.25, -0.2) is 4.98 Å². The van der Waals surface area contributed by atoms with Crippen LogP contribution < -0.4 is 15.2 Å². The summed E-state index contributed by atoms with van der Waals surface area (Å²) in [7, 11) is 0. The Balaban J connectivity index is 1.72. The second-order valence-corrected chi connectivity index (χ2v) is 7.59. The molecule has 1 heterocycles. The van der Waals surface area contributed by atoms with Crippen LogP contribution in [0.4, 0.5) is 11.5 Å². The summed E-state index contributed by atoms with van der Waals surface area (Å²) in [4.78, 5) is 14.6. The van der Waals surface area contributed by atoms with E-state index in [-0.39, 0.29) is 23.7 Å². The van der Waals surface area contributed by atoms with Crippen LogP contribution in [-0.4, -0.2) is 16.5 Å². The molecule has 0 saturated heterocycles. The molecule has 8 heteroatoms. The number of hydrogen-bond acceptors (Lipinski definition) is 7. The maximum Gasteiger partial charge on any atom is 0.269 e. The fourth-order valence-corrected chi connectivity index (χ4v) is 3.70. The summed E-state index contributed by atoms with van der Waals surface area (Å²) in [5, 5.41) is 20.7. The minimum atomic E-state index is -0.443. The lowest BCUT2D eigenvalue weighted by molar-refractivity contribution is -0.384. The van der Waals surface area contributed by atoms with E-state index in [4.69, 9.17) is 15.2 Å². The molecule has 8 nitrogen and oxygen atoms in total. The number of aromatic nitrogens is 1. The van der Waals surface area contributed by atoms with Crippen molar-refractivity contribution in [2.75, 3.05) is 12.3 Å². The van der Waals surface area contributed by atoms with E-state index >= 15 is 0 Å². The van der Waals surface area contributed by atoms with Gasteiger partial charge in [0.2, 0.25) is 0 Å².